The van der Waals surface area contributed by atoms with E-state index in [1.807, 2.05) is 0 Å². The Morgan fingerprint density at radius 1 is 0.413 bits per heavy atom. The van der Waals surface area contributed by atoms with Crippen LogP contribution in [0.5, 0.6) is 0 Å². The Morgan fingerprint density at radius 3 is 0.962 bits per heavy atom. The van der Waals surface area contributed by atoms with Crippen LogP contribution in [0.4, 0.5) is 34.1 Å². The molecule has 0 aliphatic heterocycles. The molecule has 0 spiro atoms. The van der Waals surface area contributed by atoms with E-state index in [4.69, 9.17) is 0 Å². The molecule has 2 aromatic heterocycles. The van der Waals surface area contributed by atoms with Crippen LogP contribution in [0.2, 0.25) is 0 Å². The number of hydrogen-bond acceptors (Lipinski definition) is 24. The number of nitrogens with zero attached hydrogens (tertiary/aromatic N) is 8. The van der Waals surface area contributed by atoms with Gasteiger partial charge in [0.15, 0.2) is 0 Å². The molecule has 8 aromatic rings. The standard InChI is InChI=1S/C54H40N10O26S6.2Cu.6Na/c1-27-49(59-57-37-15-11-33(91(73,74)75)25-35(37)53(69)70)51(67)63(61-27)41-17-9-31(23-45(41)95(85,86)87)5-3-29-7-13-39(43(21-29)93(79,80)81)55-47(65)19-20-48(66)56-40-14-8-30(22-44(40)94(82,83)84)4-6-32-10-18-42(46(24-32)96(88,89)90)64-52(68)50(28(2)62-64)60-58-38-16-12-34(92(76,77)78)26-36(38)54(71)72;;;;;;;;/h3-26H,1-2H3,(H,55,65)(H,56,66)(H,69,70)(H,71,72)(H,73,74,75)(H,76,77,78)(H,79,80,81)(H,82,83,84)(H,85,86,87)(H,88,89,90);;;;;;;;/q-2;;;6*+1/b5-3+,6-4+,20-19+,59-57?,60-58?;;;;;;;;. The van der Waals surface area contributed by atoms with Crippen LogP contribution in [0.25, 0.3) is 35.7 Å². The topological polar surface area (TPSA) is 578 Å². The minimum atomic E-state index is -5.19. The fourth-order valence-corrected chi connectivity index (χ4v) is 12.2. The summed E-state index contributed by atoms with van der Waals surface area (Å²) in [7, 11) is -30.4. The summed E-state index contributed by atoms with van der Waals surface area (Å²) in [4.78, 5) is 71.4. The minimum absolute atomic E-state index is 0. The largest absolute Gasteiger partial charge is 1.00 e. The van der Waals surface area contributed by atoms with Gasteiger partial charge in [-0.2, -0.15) is 60.7 Å². The van der Waals surface area contributed by atoms with Crippen molar-refractivity contribution in [3.63, 3.8) is 0 Å². The molecule has 2 radical (unpaired) electrons. The Kier molecular flexibility index (Phi) is 38.7. The zero-order valence-electron chi connectivity index (χ0n) is 54.4. The number of anilines is 2. The molecule has 2 amide bonds. The first-order valence-corrected chi connectivity index (χ1v) is 34.3. The molecule has 0 fully saturated rings. The maximum atomic E-state index is 13.5. The molecule has 0 bridgehead atoms. The molecule has 0 aliphatic rings. The van der Waals surface area contributed by atoms with Crippen LogP contribution >= 0.6 is 0 Å². The third-order valence-electron chi connectivity index (χ3n) is 12.9. The van der Waals surface area contributed by atoms with E-state index in [-0.39, 0.29) is 245 Å². The summed E-state index contributed by atoms with van der Waals surface area (Å²) in [6.45, 7) is 2.47. The predicted molar refractivity (Wildman–Crippen MR) is 332 cm³/mol. The summed E-state index contributed by atoms with van der Waals surface area (Å²) in [5.74, 6) is -5.79. The molecule has 2 heterocycles. The van der Waals surface area contributed by atoms with Crippen molar-refractivity contribution in [2.24, 2.45) is 20.5 Å². The van der Waals surface area contributed by atoms with Gasteiger partial charge in [0.1, 0.15) is 30.7 Å². The molecule has 8 rings (SSSR count). The number of aryl methyl sites for hydroxylation is 2. The van der Waals surface area contributed by atoms with E-state index in [9.17, 15) is 117 Å². The molecular weight excluding hydrogens is 1660 g/mol. The maximum Gasteiger partial charge on any atom is 1.00 e. The zero-order chi connectivity index (χ0) is 70.9. The summed E-state index contributed by atoms with van der Waals surface area (Å²) in [6, 6.07) is 16.8. The fraction of sp³-hybridized carbons (Fsp3) is 0.0370. The Balaban J connectivity index is 0.0000133. The number of amides is 2. The van der Waals surface area contributed by atoms with Crippen LogP contribution in [0.1, 0.15) is 54.4 Å². The van der Waals surface area contributed by atoms with Crippen LogP contribution in [0.3, 0.4) is 0 Å². The van der Waals surface area contributed by atoms with Crippen LogP contribution in [-0.2, 0) is 104 Å². The van der Waals surface area contributed by atoms with Crippen LogP contribution in [0, 0.1) is 13.8 Å². The smallest absolute Gasteiger partial charge is 0.478 e. The molecule has 50 heteroatoms. The third-order valence-corrected chi connectivity index (χ3v) is 18.1. The van der Waals surface area contributed by atoms with Gasteiger partial charge in [-0.3, -0.25) is 36.9 Å². The summed E-state index contributed by atoms with van der Waals surface area (Å²) >= 11 is 0. The van der Waals surface area contributed by atoms with Crippen molar-refractivity contribution in [1.29, 1.82) is 0 Å². The number of benzene rings is 6. The number of azo groups is 2. The van der Waals surface area contributed by atoms with Crippen LogP contribution in [-0.4, -0.2) is 131 Å². The van der Waals surface area contributed by atoms with Gasteiger partial charge in [0, 0.05) is 46.3 Å². The Bertz CT molecular complexity index is 5370. The van der Waals surface area contributed by atoms with E-state index < -0.39 is 182 Å². The number of carbonyl (C=O) groups excluding carboxylic acids is 2. The molecule has 0 saturated heterocycles. The molecule has 6 aromatic carbocycles. The van der Waals surface area contributed by atoms with Crippen LogP contribution < -0.4 is 199 Å². The molecule has 10 N–H and O–H groups in total. The zero-order valence-corrected chi connectivity index (χ0v) is 73.2. The van der Waals surface area contributed by atoms with Gasteiger partial charge >= 0.3 is 189 Å². The molecule has 104 heavy (non-hydrogen) atoms. The average molecular weight is 1700 g/mol. The number of nitrogens with one attached hydrogen (secondary N) is 2. The number of carbonyl (C=O) groups is 4. The monoisotopic (exact) mass is 1700 g/mol. The van der Waals surface area contributed by atoms with E-state index in [2.05, 4.69) is 41.3 Å². The van der Waals surface area contributed by atoms with Crippen molar-refractivity contribution in [3.8, 4) is 11.4 Å². The summed E-state index contributed by atoms with van der Waals surface area (Å²) in [5.41, 5.74) is -8.48. The predicted octanol–water partition coefficient (Wildman–Crippen LogP) is -12.0. The quantitative estimate of drug-likeness (QED) is 0.00752. The maximum absolute atomic E-state index is 13.5. The molecule has 0 saturated carbocycles. The van der Waals surface area contributed by atoms with Gasteiger partial charge in [0.2, 0.25) is 11.8 Å². The Hall–Kier alpha value is -3.86. The molecule has 0 unspecified atom stereocenters. The number of carboxylic acids is 2. The van der Waals surface area contributed by atoms with E-state index in [0.29, 0.717) is 33.6 Å². The Morgan fingerprint density at radius 2 is 0.692 bits per heavy atom. The number of hydrogen-bond donors (Lipinski definition) is 10. The van der Waals surface area contributed by atoms with Crippen molar-refractivity contribution < 1.29 is 319 Å². The van der Waals surface area contributed by atoms with E-state index in [1.54, 1.807) is 0 Å². The minimum Gasteiger partial charge on any atom is -0.478 e. The van der Waals surface area contributed by atoms with Crippen molar-refractivity contribution in [3.05, 3.63) is 187 Å². The van der Waals surface area contributed by atoms with Crippen LogP contribution in [0.15, 0.2) is 181 Å². The first kappa shape index (κ1) is 100. The second-order valence-corrected chi connectivity index (χ2v) is 27.9. The first-order valence-electron chi connectivity index (χ1n) is 25.7. The number of aromatic nitrogens is 4. The molecule has 0 aliphatic carbocycles. The van der Waals surface area contributed by atoms with Gasteiger partial charge in [-0.05, 0) is 107 Å². The van der Waals surface area contributed by atoms with E-state index in [1.165, 1.54) is 62.4 Å². The van der Waals surface area contributed by atoms with Gasteiger partial charge in [0.25, 0.3) is 60.7 Å². The molecule has 522 valence electrons. The third kappa shape index (κ3) is 25.3. The molecular formula is C54H40Cu2N10Na6O26S6+4. The normalized spacial score (nSPS) is 11.8. The Labute approximate surface area is 742 Å². The number of carboxylic acid groups (broad SMARTS) is 2. The summed E-state index contributed by atoms with van der Waals surface area (Å²) < 4.78 is 207. The number of rotatable bonds is 22. The van der Waals surface area contributed by atoms with E-state index >= 15 is 0 Å². The number of aromatic carboxylic acids is 2. The van der Waals surface area contributed by atoms with Gasteiger partial charge in [0.05, 0.1) is 55.0 Å². The summed E-state index contributed by atoms with van der Waals surface area (Å²) in [6.07, 6.45) is 5.84. The van der Waals surface area contributed by atoms with Gasteiger partial charge in [-0.25, -0.2) is 29.2 Å². The van der Waals surface area contributed by atoms with Gasteiger partial charge < -0.3 is 40.7 Å². The fourth-order valence-electron chi connectivity index (χ4n) is 8.46. The molecule has 0 atom stereocenters. The average Bonchev–Trinajstić information content (AvgIpc) is 1.60. The molecule has 36 nitrogen and oxygen atoms in total. The van der Waals surface area contributed by atoms with Crippen molar-refractivity contribution >= 4 is 143 Å². The summed E-state index contributed by atoms with van der Waals surface area (Å²) in [5, 5.41) is 46.2. The van der Waals surface area contributed by atoms with Gasteiger partial charge in [-0.1, -0.05) is 73.8 Å². The first-order chi connectivity index (χ1) is 44.5. The van der Waals surface area contributed by atoms with E-state index in [0.717, 1.165) is 72.8 Å². The van der Waals surface area contributed by atoms with Crippen molar-refractivity contribution in [2.75, 3.05) is 10.6 Å². The second kappa shape index (κ2) is 40.2. The van der Waals surface area contributed by atoms with Crippen molar-refractivity contribution in [2.45, 2.75) is 43.2 Å². The van der Waals surface area contributed by atoms with Crippen molar-refractivity contribution in [1.82, 2.24) is 19.6 Å². The second-order valence-electron chi connectivity index (χ2n) is 19.5. The SMILES string of the molecule is Cc1nn(-c2ccc(/C=C/c3ccc(NC(=O)/C=C/C(=O)Nc4ccc(/C=C/c5ccc(-n6nc(C)[c-](N=Nc7ccc(S(=O)(=O)O)cc7C(=O)O)c6=O)c(S(=O)(=O)O)c5)cc4S(=O)(=O)O)c(S(=O)(=O)O)c3)cc2S(=O)(=O)O)c(=O)[c-]1N=Nc1ccc(S(=O)(=O)O)cc1C(=O)O.[Cu].[Cu].[Na+].[Na+].[Na+].[Na+].[Na+].[Na+]. The van der Waals surface area contributed by atoms with Gasteiger partial charge in [-0.15, -0.1) is 11.4 Å².